The van der Waals surface area contributed by atoms with E-state index in [2.05, 4.69) is 9.98 Å². The molecule has 8 nitrogen and oxygen atoms in total. The molecule has 0 aliphatic heterocycles. The third-order valence-electron chi connectivity index (χ3n) is 3.33. The SMILES string of the molecule is COc1ccc(OC)c(-c2cc(=O)[nH]c(=S)n2CCN=C(N)N)c1.Cl. The molecule has 0 fully saturated rings. The van der Waals surface area contributed by atoms with Gasteiger partial charge < -0.3 is 25.5 Å². The molecule has 0 aliphatic carbocycles. The number of methoxy groups -OCH3 is 2. The zero-order valence-electron chi connectivity index (χ0n) is 13.8. The van der Waals surface area contributed by atoms with Gasteiger partial charge in [0.15, 0.2) is 10.7 Å². The molecule has 0 spiro atoms. The van der Waals surface area contributed by atoms with Gasteiger partial charge in [0.05, 0.1) is 26.5 Å². The van der Waals surface area contributed by atoms with Gasteiger partial charge in [-0.05, 0) is 30.4 Å². The van der Waals surface area contributed by atoms with Crippen LogP contribution < -0.4 is 26.5 Å². The first-order chi connectivity index (χ1) is 11.5. The molecular formula is C15H20ClN5O3S. The van der Waals surface area contributed by atoms with Crippen LogP contribution in [0.15, 0.2) is 34.1 Å². The number of ether oxygens (including phenoxy) is 2. The van der Waals surface area contributed by atoms with Crippen LogP contribution in [0, 0.1) is 4.77 Å². The highest BCUT2D eigenvalue weighted by molar-refractivity contribution is 7.71. The minimum absolute atomic E-state index is 0. The minimum Gasteiger partial charge on any atom is -0.497 e. The summed E-state index contributed by atoms with van der Waals surface area (Å²) in [4.78, 5) is 18.4. The topological polar surface area (TPSA) is 121 Å². The van der Waals surface area contributed by atoms with Gasteiger partial charge in [0.25, 0.3) is 5.56 Å². The Morgan fingerprint density at radius 3 is 2.60 bits per heavy atom. The van der Waals surface area contributed by atoms with E-state index in [4.69, 9.17) is 33.2 Å². The van der Waals surface area contributed by atoms with Crippen molar-refractivity contribution in [2.75, 3.05) is 20.8 Å². The Balaban J connectivity index is 0.00000312. The number of guanidine groups is 1. The van der Waals surface area contributed by atoms with Crippen molar-refractivity contribution in [3.8, 4) is 22.8 Å². The van der Waals surface area contributed by atoms with Gasteiger partial charge in [0.1, 0.15) is 11.5 Å². The van der Waals surface area contributed by atoms with Gasteiger partial charge in [-0.2, -0.15) is 0 Å². The van der Waals surface area contributed by atoms with E-state index in [0.29, 0.717) is 35.8 Å². The van der Waals surface area contributed by atoms with Crippen LogP contribution in [0.3, 0.4) is 0 Å². The molecule has 10 heteroatoms. The standard InChI is InChI=1S/C15H19N5O3S.ClH/c1-22-9-3-4-12(23-2)10(7-9)11-8-13(21)19-15(24)20(11)6-5-18-14(16)17;/h3-4,7-8H,5-6H2,1-2H3,(H4,16,17,18)(H,19,21,24);1H. The summed E-state index contributed by atoms with van der Waals surface area (Å²) in [5.41, 5.74) is 11.7. The molecule has 2 rings (SSSR count). The lowest BCUT2D eigenvalue weighted by Gasteiger charge is -2.16. The van der Waals surface area contributed by atoms with Gasteiger partial charge in [-0.1, -0.05) is 0 Å². The van der Waals surface area contributed by atoms with Crippen LogP contribution in [-0.4, -0.2) is 36.3 Å². The van der Waals surface area contributed by atoms with Crippen LogP contribution in [0.5, 0.6) is 11.5 Å². The molecule has 136 valence electrons. The summed E-state index contributed by atoms with van der Waals surface area (Å²) < 4.78 is 12.7. The van der Waals surface area contributed by atoms with Gasteiger partial charge in [-0.3, -0.25) is 14.8 Å². The Hall–Kier alpha value is -2.52. The molecule has 2 aromatic rings. The second-order valence-electron chi connectivity index (χ2n) is 4.85. The first kappa shape index (κ1) is 20.5. The molecule has 0 saturated heterocycles. The summed E-state index contributed by atoms with van der Waals surface area (Å²) >= 11 is 5.27. The van der Waals surface area contributed by atoms with Crippen molar-refractivity contribution in [1.82, 2.24) is 9.55 Å². The lowest BCUT2D eigenvalue weighted by Crippen LogP contribution is -2.24. The Morgan fingerprint density at radius 2 is 2.00 bits per heavy atom. The van der Waals surface area contributed by atoms with E-state index in [0.717, 1.165) is 0 Å². The van der Waals surface area contributed by atoms with E-state index in [1.807, 2.05) is 0 Å². The summed E-state index contributed by atoms with van der Waals surface area (Å²) in [6.45, 7) is 0.713. The van der Waals surface area contributed by atoms with E-state index in [1.54, 1.807) is 37.0 Å². The number of nitrogens with one attached hydrogen (secondary N) is 1. The van der Waals surface area contributed by atoms with Crippen LogP contribution in [-0.2, 0) is 6.54 Å². The van der Waals surface area contributed by atoms with Crippen LogP contribution in [0.1, 0.15) is 0 Å². The summed E-state index contributed by atoms with van der Waals surface area (Å²) in [7, 11) is 3.12. The summed E-state index contributed by atoms with van der Waals surface area (Å²) in [5.74, 6) is 1.21. The van der Waals surface area contributed by atoms with Crippen molar-refractivity contribution in [3.05, 3.63) is 39.4 Å². The van der Waals surface area contributed by atoms with E-state index in [1.165, 1.54) is 6.07 Å². The Kier molecular flexibility index (Phi) is 7.46. The monoisotopic (exact) mass is 385 g/mol. The molecule has 1 heterocycles. The van der Waals surface area contributed by atoms with Crippen LogP contribution in [0.2, 0.25) is 0 Å². The van der Waals surface area contributed by atoms with E-state index < -0.39 is 0 Å². The summed E-state index contributed by atoms with van der Waals surface area (Å²) in [6.07, 6.45) is 0. The fourth-order valence-electron chi connectivity index (χ4n) is 2.26. The first-order valence-electron chi connectivity index (χ1n) is 7.08. The van der Waals surface area contributed by atoms with Crippen LogP contribution in [0.25, 0.3) is 11.3 Å². The smallest absolute Gasteiger partial charge is 0.252 e. The molecule has 25 heavy (non-hydrogen) atoms. The predicted molar refractivity (Wildman–Crippen MR) is 102 cm³/mol. The number of nitrogens with zero attached hydrogens (tertiary/aromatic N) is 2. The number of aromatic amines is 1. The number of H-pyrrole nitrogens is 1. The number of benzene rings is 1. The van der Waals surface area contributed by atoms with Gasteiger partial charge in [0.2, 0.25) is 0 Å². The second kappa shape index (κ2) is 9.09. The lowest BCUT2D eigenvalue weighted by molar-refractivity contribution is 0.404. The molecule has 0 bridgehead atoms. The maximum absolute atomic E-state index is 11.9. The number of rotatable bonds is 6. The van der Waals surface area contributed by atoms with Crippen LogP contribution in [0.4, 0.5) is 0 Å². The third-order valence-corrected chi connectivity index (χ3v) is 3.66. The van der Waals surface area contributed by atoms with Crippen LogP contribution >= 0.6 is 24.6 Å². The molecule has 0 unspecified atom stereocenters. The zero-order chi connectivity index (χ0) is 17.7. The third kappa shape index (κ3) is 4.97. The molecule has 0 aliphatic rings. The molecule has 1 aromatic heterocycles. The van der Waals surface area contributed by atoms with Crippen molar-refractivity contribution < 1.29 is 9.47 Å². The molecule has 0 atom stereocenters. The van der Waals surface area contributed by atoms with Gasteiger partial charge in [-0.15, -0.1) is 12.4 Å². The van der Waals surface area contributed by atoms with Gasteiger partial charge in [-0.25, -0.2) is 0 Å². The molecule has 0 amide bonds. The number of hydrogen-bond acceptors (Lipinski definition) is 5. The zero-order valence-corrected chi connectivity index (χ0v) is 15.4. The maximum Gasteiger partial charge on any atom is 0.252 e. The minimum atomic E-state index is -0.307. The molecule has 0 radical (unpaired) electrons. The second-order valence-corrected chi connectivity index (χ2v) is 5.24. The highest BCUT2D eigenvalue weighted by Gasteiger charge is 2.13. The van der Waals surface area contributed by atoms with Gasteiger partial charge in [0, 0.05) is 18.2 Å². The molecular weight excluding hydrogens is 366 g/mol. The molecule has 5 N–H and O–H groups in total. The van der Waals surface area contributed by atoms with Crippen molar-refractivity contribution >= 4 is 30.6 Å². The quantitative estimate of drug-likeness (QED) is 0.391. The number of aromatic nitrogens is 2. The van der Waals surface area contributed by atoms with Crippen molar-refractivity contribution in [2.24, 2.45) is 16.5 Å². The lowest BCUT2D eigenvalue weighted by atomic mass is 10.1. The summed E-state index contributed by atoms with van der Waals surface area (Å²) in [6, 6.07) is 6.76. The first-order valence-corrected chi connectivity index (χ1v) is 7.49. The number of halogens is 1. The van der Waals surface area contributed by atoms with E-state index in [-0.39, 0.29) is 28.7 Å². The van der Waals surface area contributed by atoms with E-state index >= 15 is 0 Å². The number of aliphatic imine (C=N–C) groups is 1. The predicted octanol–water partition coefficient (Wildman–Crippen LogP) is 1.29. The van der Waals surface area contributed by atoms with E-state index in [9.17, 15) is 4.79 Å². The number of hydrogen-bond donors (Lipinski definition) is 3. The fourth-order valence-corrected chi connectivity index (χ4v) is 2.55. The highest BCUT2D eigenvalue weighted by Crippen LogP contribution is 2.32. The largest absolute Gasteiger partial charge is 0.497 e. The fraction of sp³-hybridized carbons (Fsp3) is 0.267. The van der Waals surface area contributed by atoms with Crippen molar-refractivity contribution in [2.45, 2.75) is 6.54 Å². The normalized spacial score (nSPS) is 9.84. The maximum atomic E-state index is 11.9. The Bertz CT molecular complexity index is 874. The number of nitrogens with two attached hydrogens (primary N) is 2. The Labute approximate surface area is 155 Å². The van der Waals surface area contributed by atoms with Crippen molar-refractivity contribution in [3.63, 3.8) is 0 Å². The summed E-state index contributed by atoms with van der Waals surface area (Å²) in [5, 5.41) is 0. The molecule has 1 aromatic carbocycles. The highest BCUT2D eigenvalue weighted by atomic mass is 35.5. The Morgan fingerprint density at radius 1 is 1.28 bits per heavy atom. The van der Waals surface area contributed by atoms with Gasteiger partial charge >= 0.3 is 0 Å². The van der Waals surface area contributed by atoms with Crippen molar-refractivity contribution in [1.29, 1.82) is 0 Å². The molecule has 0 saturated carbocycles. The average Bonchev–Trinajstić information content (AvgIpc) is 2.55. The average molecular weight is 386 g/mol.